The Labute approximate surface area is 123 Å². The second kappa shape index (κ2) is 5.41. The van der Waals surface area contributed by atoms with E-state index in [1.54, 1.807) is 6.07 Å². The van der Waals surface area contributed by atoms with Crippen molar-refractivity contribution in [1.29, 1.82) is 0 Å². The molecule has 0 heterocycles. The van der Waals surface area contributed by atoms with Crippen molar-refractivity contribution < 1.29 is 4.39 Å². The van der Waals surface area contributed by atoms with Gasteiger partial charge in [-0.3, -0.25) is 0 Å². The van der Waals surface area contributed by atoms with Gasteiger partial charge in [0.25, 0.3) is 0 Å². The molecule has 0 fully saturated rings. The van der Waals surface area contributed by atoms with Crippen LogP contribution >= 0.6 is 0 Å². The van der Waals surface area contributed by atoms with Crippen LogP contribution in [0.25, 0.3) is 22.3 Å². The Bertz CT molecular complexity index is 759. The number of aryl methyl sites for hydroxylation is 1. The molecule has 21 heavy (non-hydrogen) atoms. The first-order valence-electron chi connectivity index (χ1n) is 6.86. The van der Waals surface area contributed by atoms with Gasteiger partial charge in [-0.25, -0.2) is 4.39 Å². The highest BCUT2D eigenvalue weighted by Crippen LogP contribution is 2.28. The van der Waals surface area contributed by atoms with Crippen LogP contribution in [0.15, 0.2) is 66.7 Å². The lowest BCUT2D eigenvalue weighted by atomic mass is 9.99. The summed E-state index contributed by atoms with van der Waals surface area (Å²) in [6.45, 7) is 2.02. The van der Waals surface area contributed by atoms with Crippen molar-refractivity contribution >= 4 is 5.69 Å². The molecule has 0 saturated carbocycles. The van der Waals surface area contributed by atoms with Gasteiger partial charge in [-0.15, -0.1) is 0 Å². The fourth-order valence-electron chi connectivity index (χ4n) is 2.34. The summed E-state index contributed by atoms with van der Waals surface area (Å²) in [5, 5.41) is 0. The minimum atomic E-state index is -0.215. The SMILES string of the molecule is Cc1ccc(-c2ccc(-c3ccc(N)cc3)cc2F)cc1. The number of nitrogens with two attached hydrogens (primary N) is 1. The first-order chi connectivity index (χ1) is 10.1. The lowest BCUT2D eigenvalue weighted by molar-refractivity contribution is 0.632. The van der Waals surface area contributed by atoms with Crippen LogP contribution in [0.2, 0.25) is 0 Å². The molecule has 0 radical (unpaired) electrons. The molecule has 0 aliphatic rings. The number of rotatable bonds is 2. The summed E-state index contributed by atoms with van der Waals surface area (Å²) >= 11 is 0. The van der Waals surface area contributed by atoms with Gasteiger partial charge < -0.3 is 5.73 Å². The van der Waals surface area contributed by atoms with Gasteiger partial charge in [0.15, 0.2) is 0 Å². The normalized spacial score (nSPS) is 10.6. The van der Waals surface area contributed by atoms with Crippen molar-refractivity contribution in [2.45, 2.75) is 6.92 Å². The van der Waals surface area contributed by atoms with E-state index in [0.717, 1.165) is 22.3 Å². The summed E-state index contributed by atoms with van der Waals surface area (Å²) in [6.07, 6.45) is 0. The van der Waals surface area contributed by atoms with Gasteiger partial charge in [-0.1, -0.05) is 54.1 Å². The van der Waals surface area contributed by atoms with Gasteiger partial charge in [-0.2, -0.15) is 0 Å². The molecule has 0 spiro atoms. The maximum absolute atomic E-state index is 14.4. The van der Waals surface area contributed by atoms with Gasteiger partial charge in [0, 0.05) is 11.3 Å². The van der Waals surface area contributed by atoms with Crippen LogP contribution < -0.4 is 5.73 Å². The van der Waals surface area contributed by atoms with Gasteiger partial charge in [0.1, 0.15) is 5.82 Å². The molecular weight excluding hydrogens is 261 g/mol. The summed E-state index contributed by atoms with van der Waals surface area (Å²) in [6, 6.07) is 20.6. The third-order valence-electron chi connectivity index (χ3n) is 3.58. The maximum atomic E-state index is 14.4. The Morgan fingerprint density at radius 2 is 1.29 bits per heavy atom. The molecule has 0 unspecified atom stereocenters. The van der Waals surface area contributed by atoms with Gasteiger partial charge in [-0.05, 0) is 41.8 Å². The van der Waals surface area contributed by atoms with Crippen LogP contribution in [0.3, 0.4) is 0 Å². The molecule has 3 rings (SSSR count). The van der Waals surface area contributed by atoms with E-state index >= 15 is 0 Å². The van der Waals surface area contributed by atoms with Crippen molar-refractivity contribution in [1.82, 2.24) is 0 Å². The highest BCUT2D eigenvalue weighted by Gasteiger charge is 2.07. The Balaban J connectivity index is 1.99. The van der Waals surface area contributed by atoms with Crippen LogP contribution in [0.5, 0.6) is 0 Å². The van der Waals surface area contributed by atoms with E-state index in [-0.39, 0.29) is 5.82 Å². The van der Waals surface area contributed by atoms with E-state index in [0.29, 0.717) is 11.3 Å². The molecule has 1 nitrogen and oxygen atoms in total. The van der Waals surface area contributed by atoms with E-state index in [4.69, 9.17) is 5.73 Å². The highest BCUT2D eigenvalue weighted by molar-refractivity contribution is 5.71. The van der Waals surface area contributed by atoms with Crippen LogP contribution in [0.1, 0.15) is 5.56 Å². The molecule has 0 saturated heterocycles. The third-order valence-corrected chi connectivity index (χ3v) is 3.58. The fraction of sp³-hybridized carbons (Fsp3) is 0.0526. The number of nitrogen functional groups attached to an aromatic ring is 1. The monoisotopic (exact) mass is 277 g/mol. The van der Waals surface area contributed by atoms with Crippen molar-refractivity contribution in [2.75, 3.05) is 5.73 Å². The molecule has 0 aliphatic heterocycles. The highest BCUT2D eigenvalue weighted by atomic mass is 19.1. The second-order valence-corrected chi connectivity index (χ2v) is 5.18. The van der Waals surface area contributed by atoms with Crippen molar-refractivity contribution in [3.63, 3.8) is 0 Å². The van der Waals surface area contributed by atoms with Crippen molar-refractivity contribution in [3.8, 4) is 22.3 Å². The zero-order chi connectivity index (χ0) is 14.8. The standard InChI is InChI=1S/C19H16FN/c1-13-2-4-15(5-3-13)18-11-8-16(12-19(18)20)14-6-9-17(21)10-7-14/h2-12H,21H2,1H3. The summed E-state index contributed by atoms with van der Waals surface area (Å²) in [5.41, 5.74) is 10.9. The van der Waals surface area contributed by atoms with E-state index in [2.05, 4.69) is 0 Å². The van der Waals surface area contributed by atoms with Crippen molar-refractivity contribution in [2.24, 2.45) is 0 Å². The Kier molecular flexibility index (Phi) is 3.44. The minimum absolute atomic E-state index is 0.215. The number of anilines is 1. The van der Waals surface area contributed by atoms with Crippen molar-refractivity contribution in [3.05, 3.63) is 78.1 Å². The molecule has 3 aromatic carbocycles. The van der Waals surface area contributed by atoms with E-state index < -0.39 is 0 Å². The van der Waals surface area contributed by atoms with Crippen LogP contribution in [0, 0.1) is 12.7 Å². The predicted molar refractivity (Wildman–Crippen MR) is 86.4 cm³/mol. The Morgan fingerprint density at radius 3 is 1.90 bits per heavy atom. The third kappa shape index (κ3) is 2.79. The van der Waals surface area contributed by atoms with Gasteiger partial charge >= 0.3 is 0 Å². The second-order valence-electron chi connectivity index (χ2n) is 5.18. The molecule has 104 valence electrons. The number of hydrogen-bond donors (Lipinski definition) is 1. The summed E-state index contributed by atoms with van der Waals surface area (Å²) < 4.78 is 14.4. The average molecular weight is 277 g/mol. The van der Waals surface area contributed by atoms with Gasteiger partial charge in [0.2, 0.25) is 0 Å². The number of hydrogen-bond acceptors (Lipinski definition) is 1. The largest absolute Gasteiger partial charge is 0.399 e. The number of halogens is 1. The quantitative estimate of drug-likeness (QED) is 0.652. The Hall–Kier alpha value is -2.61. The maximum Gasteiger partial charge on any atom is 0.131 e. The predicted octanol–water partition coefficient (Wildman–Crippen LogP) is 5.05. The van der Waals surface area contributed by atoms with Crippen LogP contribution in [-0.2, 0) is 0 Å². The molecule has 2 heteroatoms. The van der Waals surface area contributed by atoms with E-state index in [1.807, 2.05) is 67.6 Å². The molecule has 0 bridgehead atoms. The van der Waals surface area contributed by atoms with Gasteiger partial charge in [0.05, 0.1) is 0 Å². The molecule has 0 aromatic heterocycles. The van der Waals surface area contributed by atoms with Crippen LogP contribution in [0.4, 0.5) is 10.1 Å². The molecule has 0 amide bonds. The molecule has 3 aromatic rings. The van der Waals surface area contributed by atoms with E-state index in [9.17, 15) is 4.39 Å². The summed E-state index contributed by atoms with van der Waals surface area (Å²) in [4.78, 5) is 0. The molecule has 2 N–H and O–H groups in total. The molecule has 0 aliphatic carbocycles. The first kappa shape index (κ1) is 13.4. The zero-order valence-corrected chi connectivity index (χ0v) is 11.8. The minimum Gasteiger partial charge on any atom is -0.399 e. The molecule has 0 atom stereocenters. The summed E-state index contributed by atoms with van der Waals surface area (Å²) in [7, 11) is 0. The molecular formula is C19H16FN. The van der Waals surface area contributed by atoms with Crippen LogP contribution in [-0.4, -0.2) is 0 Å². The lowest BCUT2D eigenvalue weighted by Gasteiger charge is -2.07. The zero-order valence-electron chi connectivity index (χ0n) is 11.8. The summed E-state index contributed by atoms with van der Waals surface area (Å²) in [5.74, 6) is -0.215. The van der Waals surface area contributed by atoms with E-state index in [1.165, 1.54) is 0 Å². The lowest BCUT2D eigenvalue weighted by Crippen LogP contribution is -1.88. The smallest absolute Gasteiger partial charge is 0.131 e. The Morgan fingerprint density at radius 1 is 0.714 bits per heavy atom. The first-order valence-corrected chi connectivity index (χ1v) is 6.86. The average Bonchev–Trinajstić information content (AvgIpc) is 2.49. The topological polar surface area (TPSA) is 26.0 Å². The fourth-order valence-corrected chi connectivity index (χ4v) is 2.34. The number of benzene rings is 3.